The summed E-state index contributed by atoms with van der Waals surface area (Å²) < 4.78 is 7.06. The molecule has 1 saturated carbocycles. The van der Waals surface area contributed by atoms with Gasteiger partial charge in [-0.2, -0.15) is 5.10 Å². The number of hydrogen-bond donors (Lipinski definition) is 1. The second-order valence-corrected chi connectivity index (χ2v) is 8.09. The van der Waals surface area contributed by atoms with E-state index in [0.717, 1.165) is 31.1 Å². The summed E-state index contributed by atoms with van der Waals surface area (Å²) in [6.45, 7) is 2.80. The van der Waals surface area contributed by atoms with Gasteiger partial charge in [0.25, 0.3) is 5.56 Å². The van der Waals surface area contributed by atoms with Gasteiger partial charge in [-0.25, -0.2) is 4.68 Å². The molecule has 1 aliphatic carbocycles. The molecule has 0 bridgehead atoms. The molecule has 0 spiro atoms. The van der Waals surface area contributed by atoms with E-state index in [0.29, 0.717) is 17.3 Å². The van der Waals surface area contributed by atoms with Gasteiger partial charge in [-0.3, -0.25) is 9.78 Å². The van der Waals surface area contributed by atoms with Crippen molar-refractivity contribution in [3.63, 3.8) is 0 Å². The monoisotopic (exact) mass is 424 g/mol. The Balaban J connectivity index is 1.25. The van der Waals surface area contributed by atoms with E-state index in [4.69, 9.17) is 16.3 Å². The zero-order chi connectivity index (χ0) is 20.8. The van der Waals surface area contributed by atoms with Crippen LogP contribution in [-0.4, -0.2) is 21.3 Å². The molecule has 0 radical (unpaired) electrons. The molecule has 0 unspecified atom stereocenters. The molecule has 0 aliphatic heterocycles. The number of aryl methyl sites for hydroxylation is 2. The summed E-state index contributed by atoms with van der Waals surface area (Å²) in [4.78, 5) is 16.5. The molecular weight excluding hydrogens is 400 g/mol. The maximum Gasteiger partial charge on any atom is 0.270 e. The van der Waals surface area contributed by atoms with Crippen LogP contribution in [0.3, 0.4) is 0 Å². The molecule has 1 aliphatic rings. The highest BCUT2D eigenvalue weighted by molar-refractivity contribution is 6.30. The Morgan fingerprint density at radius 1 is 1.10 bits per heavy atom. The smallest absolute Gasteiger partial charge is 0.270 e. The molecule has 4 rings (SSSR count). The minimum absolute atomic E-state index is 0.183. The predicted octanol–water partition coefficient (Wildman–Crippen LogP) is 3.61. The summed E-state index contributed by atoms with van der Waals surface area (Å²) in [6.07, 6.45) is 6.61. The Morgan fingerprint density at radius 2 is 1.90 bits per heavy atom. The summed E-state index contributed by atoms with van der Waals surface area (Å²) in [5.41, 5.74) is 3.02. The first-order chi connectivity index (χ1) is 14.7. The SMILES string of the molecule is O=c1cc(OCc2ccc(Cl)cn2)cnn1CCc1ccc(CNCC2CC2)cc1. The van der Waals surface area contributed by atoms with Gasteiger partial charge in [0.05, 0.1) is 16.9 Å². The molecule has 0 amide bonds. The lowest BCUT2D eigenvalue weighted by Gasteiger charge is -2.09. The first-order valence-corrected chi connectivity index (χ1v) is 10.6. The molecule has 6 nitrogen and oxygen atoms in total. The molecule has 30 heavy (non-hydrogen) atoms. The summed E-state index contributed by atoms with van der Waals surface area (Å²) in [5.74, 6) is 1.32. The zero-order valence-electron chi connectivity index (χ0n) is 16.8. The average Bonchev–Trinajstić information content (AvgIpc) is 3.58. The third kappa shape index (κ3) is 6.15. The highest BCUT2D eigenvalue weighted by Crippen LogP contribution is 2.27. The van der Waals surface area contributed by atoms with Gasteiger partial charge in [0, 0.05) is 25.4 Å². The number of pyridine rings is 1. The lowest BCUT2D eigenvalue weighted by molar-refractivity contribution is 0.297. The fourth-order valence-corrected chi connectivity index (χ4v) is 3.23. The van der Waals surface area contributed by atoms with Gasteiger partial charge in [-0.15, -0.1) is 0 Å². The topological polar surface area (TPSA) is 69.0 Å². The van der Waals surface area contributed by atoms with Crippen molar-refractivity contribution in [3.05, 3.63) is 87.1 Å². The highest BCUT2D eigenvalue weighted by Gasteiger charge is 2.20. The molecule has 3 aromatic rings. The van der Waals surface area contributed by atoms with E-state index in [1.165, 1.54) is 34.7 Å². The third-order valence-electron chi connectivity index (χ3n) is 5.11. The zero-order valence-corrected chi connectivity index (χ0v) is 17.5. The quantitative estimate of drug-likeness (QED) is 0.538. The first-order valence-electron chi connectivity index (χ1n) is 10.2. The number of ether oxygens (including phenoxy) is 1. The van der Waals surface area contributed by atoms with Crippen molar-refractivity contribution in [2.24, 2.45) is 5.92 Å². The van der Waals surface area contributed by atoms with Crippen LogP contribution in [0.1, 0.15) is 29.7 Å². The Bertz CT molecular complexity index is 1010. The maximum absolute atomic E-state index is 12.3. The fraction of sp³-hybridized carbons (Fsp3) is 0.348. The van der Waals surface area contributed by atoms with Crippen molar-refractivity contribution in [2.45, 2.75) is 39.0 Å². The standard InChI is InChI=1S/C23H25ClN4O2/c24-20-7-8-21(26-14-20)16-30-22-11-23(29)28(27-15-22)10-9-17-1-3-18(4-2-17)12-25-13-19-5-6-19/h1-4,7-8,11,14-15,19,25H,5-6,9-10,12-13,16H2. The van der Waals surface area contributed by atoms with E-state index in [2.05, 4.69) is 39.7 Å². The molecule has 1 N–H and O–H groups in total. The van der Waals surface area contributed by atoms with E-state index in [-0.39, 0.29) is 12.2 Å². The van der Waals surface area contributed by atoms with E-state index < -0.39 is 0 Å². The molecule has 2 aromatic heterocycles. The number of hydrogen-bond acceptors (Lipinski definition) is 5. The highest BCUT2D eigenvalue weighted by atomic mass is 35.5. The molecule has 1 fully saturated rings. The van der Waals surface area contributed by atoms with Gasteiger partial charge in [-0.05, 0) is 55.0 Å². The van der Waals surface area contributed by atoms with Crippen molar-refractivity contribution in [1.82, 2.24) is 20.1 Å². The molecule has 2 heterocycles. The number of aromatic nitrogens is 3. The van der Waals surface area contributed by atoms with Crippen molar-refractivity contribution in [3.8, 4) is 5.75 Å². The fourth-order valence-electron chi connectivity index (χ4n) is 3.11. The van der Waals surface area contributed by atoms with Crippen LogP contribution in [0, 0.1) is 5.92 Å². The Labute approximate surface area is 180 Å². The van der Waals surface area contributed by atoms with Gasteiger partial charge >= 0.3 is 0 Å². The van der Waals surface area contributed by atoms with Crippen LogP contribution in [0.2, 0.25) is 5.02 Å². The summed E-state index contributed by atoms with van der Waals surface area (Å²) in [7, 11) is 0. The van der Waals surface area contributed by atoms with Crippen molar-refractivity contribution < 1.29 is 4.74 Å². The summed E-state index contributed by atoms with van der Waals surface area (Å²) in [6, 6.07) is 13.5. The molecule has 1 aromatic carbocycles. The van der Waals surface area contributed by atoms with Gasteiger partial charge in [0.15, 0.2) is 0 Å². The van der Waals surface area contributed by atoms with Crippen LogP contribution in [0.4, 0.5) is 0 Å². The second kappa shape index (κ2) is 9.87. The Hall–Kier alpha value is -2.70. The predicted molar refractivity (Wildman–Crippen MR) is 117 cm³/mol. The first kappa shape index (κ1) is 20.6. The van der Waals surface area contributed by atoms with Gasteiger partial charge < -0.3 is 10.1 Å². The number of nitrogens with one attached hydrogen (secondary N) is 1. The van der Waals surface area contributed by atoms with E-state index in [1.807, 2.05) is 0 Å². The van der Waals surface area contributed by atoms with Crippen LogP contribution < -0.4 is 15.6 Å². The normalized spacial score (nSPS) is 13.4. The van der Waals surface area contributed by atoms with Crippen LogP contribution in [-0.2, 0) is 26.1 Å². The lowest BCUT2D eigenvalue weighted by atomic mass is 10.1. The summed E-state index contributed by atoms with van der Waals surface area (Å²) >= 11 is 5.82. The van der Waals surface area contributed by atoms with Gasteiger partial charge in [0.1, 0.15) is 12.4 Å². The van der Waals surface area contributed by atoms with Crippen molar-refractivity contribution >= 4 is 11.6 Å². The van der Waals surface area contributed by atoms with Crippen molar-refractivity contribution in [1.29, 1.82) is 0 Å². The van der Waals surface area contributed by atoms with Crippen LogP contribution in [0.15, 0.2) is 59.7 Å². The Morgan fingerprint density at radius 3 is 2.60 bits per heavy atom. The van der Waals surface area contributed by atoms with E-state index >= 15 is 0 Å². The van der Waals surface area contributed by atoms with Crippen LogP contribution in [0.25, 0.3) is 0 Å². The van der Waals surface area contributed by atoms with E-state index in [1.54, 1.807) is 24.5 Å². The average molecular weight is 425 g/mol. The molecule has 0 saturated heterocycles. The minimum Gasteiger partial charge on any atom is -0.485 e. The molecule has 156 valence electrons. The van der Waals surface area contributed by atoms with E-state index in [9.17, 15) is 4.79 Å². The number of halogens is 1. The van der Waals surface area contributed by atoms with Crippen molar-refractivity contribution in [2.75, 3.05) is 6.54 Å². The maximum atomic E-state index is 12.3. The third-order valence-corrected chi connectivity index (χ3v) is 5.34. The van der Waals surface area contributed by atoms with Gasteiger partial charge in [-0.1, -0.05) is 35.9 Å². The van der Waals surface area contributed by atoms with Crippen LogP contribution in [0.5, 0.6) is 5.75 Å². The number of benzene rings is 1. The molecule has 7 heteroatoms. The largest absolute Gasteiger partial charge is 0.485 e. The number of nitrogens with zero attached hydrogens (tertiary/aromatic N) is 3. The molecule has 0 atom stereocenters. The van der Waals surface area contributed by atoms with Crippen LogP contribution >= 0.6 is 11.6 Å². The number of rotatable bonds is 10. The summed E-state index contributed by atoms with van der Waals surface area (Å²) in [5, 5.41) is 8.30. The lowest BCUT2D eigenvalue weighted by Crippen LogP contribution is -2.23. The second-order valence-electron chi connectivity index (χ2n) is 7.65. The minimum atomic E-state index is -0.183. The van der Waals surface area contributed by atoms with Gasteiger partial charge in [0.2, 0.25) is 0 Å². The Kier molecular flexibility index (Phi) is 6.77. The molecular formula is C23H25ClN4O2.